The average Bonchev–Trinajstić information content (AvgIpc) is 3.01. The van der Waals surface area contributed by atoms with Gasteiger partial charge in [0.05, 0.1) is 11.7 Å². The van der Waals surface area contributed by atoms with Gasteiger partial charge >= 0.3 is 6.09 Å². The molecule has 0 radical (unpaired) electrons. The predicted molar refractivity (Wildman–Crippen MR) is 109 cm³/mol. The molecular weight excluding hydrogens is 356 g/mol. The molecule has 3 rings (SSSR count). The normalized spacial score (nSPS) is 12.6. The van der Waals surface area contributed by atoms with Crippen LogP contribution in [-0.2, 0) is 4.74 Å². The standard InChI is InChI=1S/C20H26N6O2/c1-13(15-10-8-7-9-11-15)25(6)17-12-16(21-19(27)28-20(3,4)5)18-23-22-14(2)26(18)24-17/h7-13H,1-6H3,(H,21,27). The molecule has 28 heavy (non-hydrogen) atoms. The minimum atomic E-state index is -0.599. The van der Waals surface area contributed by atoms with E-state index in [1.54, 1.807) is 10.6 Å². The highest BCUT2D eigenvalue weighted by Crippen LogP contribution is 2.27. The Morgan fingerprint density at radius 2 is 1.89 bits per heavy atom. The van der Waals surface area contributed by atoms with Crippen LogP contribution in [0.5, 0.6) is 0 Å². The minimum Gasteiger partial charge on any atom is -0.444 e. The molecule has 1 aromatic carbocycles. The van der Waals surface area contributed by atoms with Gasteiger partial charge in [0.1, 0.15) is 5.60 Å². The molecule has 1 amide bonds. The molecule has 0 spiro atoms. The largest absolute Gasteiger partial charge is 0.444 e. The minimum absolute atomic E-state index is 0.0808. The number of aryl methyl sites for hydroxylation is 1. The number of fused-ring (bicyclic) bond motifs is 1. The average molecular weight is 382 g/mol. The van der Waals surface area contributed by atoms with Gasteiger partial charge in [-0.05, 0) is 40.2 Å². The number of ether oxygens (including phenoxy) is 1. The predicted octanol–water partition coefficient (Wildman–Crippen LogP) is 3.98. The first-order chi connectivity index (χ1) is 13.2. The SMILES string of the molecule is Cc1nnc2c(NC(=O)OC(C)(C)C)cc(N(C)C(C)c3ccccc3)nn12. The van der Waals surface area contributed by atoms with Gasteiger partial charge < -0.3 is 9.64 Å². The highest BCUT2D eigenvalue weighted by Gasteiger charge is 2.21. The van der Waals surface area contributed by atoms with Crippen molar-refractivity contribution in [1.29, 1.82) is 0 Å². The molecule has 2 aromatic heterocycles. The van der Waals surface area contributed by atoms with Crippen LogP contribution in [0.25, 0.3) is 5.65 Å². The number of nitrogens with one attached hydrogen (secondary N) is 1. The third-order valence-corrected chi connectivity index (χ3v) is 4.37. The van der Waals surface area contributed by atoms with Crippen LogP contribution >= 0.6 is 0 Å². The zero-order chi connectivity index (χ0) is 20.5. The van der Waals surface area contributed by atoms with Crippen molar-refractivity contribution in [2.75, 3.05) is 17.3 Å². The van der Waals surface area contributed by atoms with Gasteiger partial charge in [0.2, 0.25) is 5.65 Å². The van der Waals surface area contributed by atoms with Crippen molar-refractivity contribution in [3.8, 4) is 0 Å². The molecule has 8 nitrogen and oxygen atoms in total. The van der Waals surface area contributed by atoms with E-state index in [9.17, 15) is 4.79 Å². The molecule has 148 valence electrons. The summed E-state index contributed by atoms with van der Waals surface area (Å²) >= 11 is 0. The van der Waals surface area contributed by atoms with Crippen molar-refractivity contribution in [3.63, 3.8) is 0 Å². The molecule has 1 unspecified atom stereocenters. The molecule has 1 N–H and O–H groups in total. The van der Waals surface area contributed by atoms with Crippen LogP contribution in [0.2, 0.25) is 0 Å². The fourth-order valence-corrected chi connectivity index (χ4v) is 2.80. The molecule has 0 fully saturated rings. The van der Waals surface area contributed by atoms with Crippen molar-refractivity contribution >= 4 is 23.2 Å². The summed E-state index contributed by atoms with van der Waals surface area (Å²) in [6, 6.07) is 12.0. The Hall–Kier alpha value is -3.16. The Balaban J connectivity index is 1.97. The quantitative estimate of drug-likeness (QED) is 0.735. The monoisotopic (exact) mass is 382 g/mol. The van der Waals surface area contributed by atoms with Gasteiger partial charge in [0.15, 0.2) is 11.6 Å². The van der Waals surface area contributed by atoms with E-state index in [1.807, 2.05) is 57.8 Å². The van der Waals surface area contributed by atoms with Gasteiger partial charge in [-0.2, -0.15) is 4.52 Å². The Morgan fingerprint density at radius 1 is 1.21 bits per heavy atom. The van der Waals surface area contributed by atoms with Gasteiger partial charge in [-0.3, -0.25) is 5.32 Å². The van der Waals surface area contributed by atoms with Crippen molar-refractivity contribution in [1.82, 2.24) is 19.8 Å². The maximum atomic E-state index is 12.3. The molecule has 0 saturated carbocycles. The van der Waals surface area contributed by atoms with E-state index in [2.05, 4.69) is 39.7 Å². The summed E-state index contributed by atoms with van der Waals surface area (Å²) in [7, 11) is 1.96. The molecule has 0 bridgehead atoms. The van der Waals surface area contributed by atoms with E-state index in [4.69, 9.17) is 4.74 Å². The first kappa shape index (κ1) is 19.6. The van der Waals surface area contributed by atoms with E-state index < -0.39 is 11.7 Å². The van der Waals surface area contributed by atoms with Crippen molar-refractivity contribution in [2.24, 2.45) is 0 Å². The molecule has 0 aliphatic carbocycles. The first-order valence-electron chi connectivity index (χ1n) is 9.16. The Labute approximate surface area is 164 Å². The summed E-state index contributed by atoms with van der Waals surface area (Å²) in [6.07, 6.45) is -0.550. The Kier molecular flexibility index (Phi) is 5.22. The highest BCUT2D eigenvalue weighted by molar-refractivity contribution is 5.90. The number of rotatable bonds is 4. The molecule has 0 aliphatic rings. The van der Waals surface area contributed by atoms with E-state index in [0.717, 1.165) is 5.56 Å². The number of carbonyl (C=O) groups is 1. The van der Waals surface area contributed by atoms with Crippen LogP contribution in [0, 0.1) is 6.92 Å². The van der Waals surface area contributed by atoms with Gasteiger partial charge in [0.25, 0.3) is 0 Å². The molecule has 0 aliphatic heterocycles. The summed E-state index contributed by atoms with van der Waals surface area (Å²) in [4.78, 5) is 14.3. The van der Waals surface area contributed by atoms with Gasteiger partial charge in [0, 0.05) is 13.1 Å². The van der Waals surface area contributed by atoms with Crippen LogP contribution in [0.15, 0.2) is 36.4 Å². The summed E-state index contributed by atoms with van der Waals surface area (Å²) in [5, 5.41) is 15.6. The van der Waals surface area contributed by atoms with Crippen LogP contribution in [0.3, 0.4) is 0 Å². The van der Waals surface area contributed by atoms with Gasteiger partial charge in [-0.15, -0.1) is 15.3 Å². The fourth-order valence-electron chi connectivity index (χ4n) is 2.80. The lowest BCUT2D eigenvalue weighted by atomic mass is 10.1. The zero-order valence-corrected chi connectivity index (χ0v) is 17.1. The number of aromatic nitrogens is 4. The molecule has 8 heteroatoms. The number of amides is 1. The molecule has 2 heterocycles. The number of benzene rings is 1. The third-order valence-electron chi connectivity index (χ3n) is 4.37. The fraction of sp³-hybridized carbons (Fsp3) is 0.400. The van der Waals surface area contributed by atoms with Crippen LogP contribution in [0.4, 0.5) is 16.3 Å². The molecular formula is C20H26N6O2. The van der Waals surface area contributed by atoms with Crippen LogP contribution in [-0.4, -0.2) is 38.6 Å². The van der Waals surface area contributed by atoms with E-state index in [-0.39, 0.29) is 6.04 Å². The van der Waals surface area contributed by atoms with Crippen molar-refractivity contribution in [3.05, 3.63) is 47.8 Å². The molecule has 0 saturated heterocycles. The second kappa shape index (κ2) is 7.46. The Morgan fingerprint density at radius 3 is 2.54 bits per heavy atom. The number of nitrogens with zero attached hydrogens (tertiary/aromatic N) is 5. The summed E-state index contributed by atoms with van der Waals surface area (Å²) in [5.74, 6) is 1.31. The topological polar surface area (TPSA) is 84.6 Å². The number of hydrogen-bond acceptors (Lipinski definition) is 6. The van der Waals surface area contributed by atoms with Gasteiger partial charge in [-0.1, -0.05) is 30.3 Å². The smallest absolute Gasteiger partial charge is 0.412 e. The maximum absolute atomic E-state index is 12.3. The summed E-state index contributed by atoms with van der Waals surface area (Å²) < 4.78 is 6.99. The first-order valence-corrected chi connectivity index (χ1v) is 9.16. The van der Waals surface area contributed by atoms with E-state index >= 15 is 0 Å². The molecule has 3 aromatic rings. The van der Waals surface area contributed by atoms with Crippen LogP contribution in [0.1, 0.15) is 45.1 Å². The second-order valence-electron chi connectivity index (χ2n) is 7.72. The summed E-state index contributed by atoms with van der Waals surface area (Å²) in [6.45, 7) is 9.36. The zero-order valence-electron chi connectivity index (χ0n) is 17.1. The van der Waals surface area contributed by atoms with Crippen molar-refractivity contribution < 1.29 is 9.53 Å². The van der Waals surface area contributed by atoms with E-state index in [1.165, 1.54) is 0 Å². The molecule has 1 atom stereocenters. The number of carbonyl (C=O) groups excluding carboxylic acids is 1. The lowest BCUT2D eigenvalue weighted by Gasteiger charge is -2.27. The number of anilines is 2. The van der Waals surface area contributed by atoms with E-state index in [0.29, 0.717) is 23.0 Å². The van der Waals surface area contributed by atoms with Crippen LogP contribution < -0.4 is 10.2 Å². The third kappa shape index (κ3) is 4.21. The van der Waals surface area contributed by atoms with Crippen molar-refractivity contribution in [2.45, 2.75) is 46.3 Å². The summed E-state index contributed by atoms with van der Waals surface area (Å²) in [5.41, 5.74) is 1.52. The Bertz CT molecular complexity index is 978. The highest BCUT2D eigenvalue weighted by atomic mass is 16.6. The maximum Gasteiger partial charge on any atom is 0.412 e. The lowest BCUT2D eigenvalue weighted by molar-refractivity contribution is 0.0636. The number of hydrogen-bond donors (Lipinski definition) is 1. The lowest BCUT2D eigenvalue weighted by Crippen LogP contribution is -2.28. The van der Waals surface area contributed by atoms with Gasteiger partial charge in [-0.25, -0.2) is 4.79 Å². The second-order valence-corrected chi connectivity index (χ2v) is 7.72.